The molecule has 0 saturated carbocycles. The van der Waals surface area contributed by atoms with Gasteiger partial charge in [-0.25, -0.2) is 4.79 Å². The predicted octanol–water partition coefficient (Wildman–Crippen LogP) is 0.427. The zero-order valence-electron chi connectivity index (χ0n) is 12.8. The van der Waals surface area contributed by atoms with Crippen molar-refractivity contribution in [3.05, 3.63) is 51.9 Å². The van der Waals surface area contributed by atoms with Crippen molar-refractivity contribution in [2.45, 2.75) is 20.3 Å². The number of fused-ring (bicyclic) bond motifs is 1. The van der Waals surface area contributed by atoms with E-state index in [2.05, 4.69) is 6.08 Å². The first-order valence-corrected chi connectivity index (χ1v) is 5.85. The average Bonchev–Trinajstić information content (AvgIpc) is 2.35. The molecule has 2 aromatic rings. The number of hydrogen-bond donors (Lipinski definition) is 0. The second kappa shape index (κ2) is 6.94. The fraction of sp³-hybridized carbons (Fsp3) is 0.267. The molecule has 0 fully saturated rings. The number of hydrogen-bond acceptors (Lipinski definition) is 3. The zero-order chi connectivity index (χ0) is 13.1. The van der Waals surface area contributed by atoms with E-state index in [1.807, 2.05) is 26.0 Å². The molecule has 1 aromatic heterocycles. The van der Waals surface area contributed by atoms with Gasteiger partial charge in [0.15, 0.2) is 0 Å². The summed E-state index contributed by atoms with van der Waals surface area (Å²) >= 11 is 0. The van der Waals surface area contributed by atoms with Crippen LogP contribution in [0.25, 0.3) is 11.0 Å². The van der Waals surface area contributed by atoms with Gasteiger partial charge in [0.05, 0.1) is 7.11 Å². The molecule has 1 aromatic carbocycles. The van der Waals surface area contributed by atoms with Gasteiger partial charge in [-0.3, -0.25) is 0 Å². The Morgan fingerprint density at radius 2 is 2.00 bits per heavy atom. The van der Waals surface area contributed by atoms with E-state index in [1.54, 1.807) is 13.2 Å². The maximum Gasteiger partial charge on any atom is 1.00 e. The van der Waals surface area contributed by atoms with Crippen LogP contribution in [-0.4, -0.2) is 7.11 Å². The SMILES string of the molecule is COc1ccc2ccc(=O)oc2c1CC=C(C)C.[H-].[Na+]. The number of ether oxygens (including phenoxy) is 1. The summed E-state index contributed by atoms with van der Waals surface area (Å²) in [5.74, 6) is 0.745. The van der Waals surface area contributed by atoms with Crippen LogP contribution in [0.2, 0.25) is 0 Å². The Morgan fingerprint density at radius 1 is 1.32 bits per heavy atom. The molecule has 0 aliphatic heterocycles. The average molecular weight is 268 g/mol. The van der Waals surface area contributed by atoms with Crippen molar-refractivity contribution in [3.8, 4) is 5.75 Å². The van der Waals surface area contributed by atoms with Gasteiger partial charge >= 0.3 is 35.2 Å². The molecule has 0 bridgehead atoms. The Kier molecular flexibility index (Phi) is 5.85. The van der Waals surface area contributed by atoms with E-state index in [4.69, 9.17) is 9.15 Å². The van der Waals surface area contributed by atoms with Crippen LogP contribution in [0.1, 0.15) is 20.8 Å². The van der Waals surface area contributed by atoms with Crippen molar-refractivity contribution in [1.29, 1.82) is 0 Å². The molecule has 3 nitrogen and oxygen atoms in total. The summed E-state index contributed by atoms with van der Waals surface area (Å²) in [6, 6.07) is 6.99. The minimum Gasteiger partial charge on any atom is -1.00 e. The van der Waals surface area contributed by atoms with Crippen molar-refractivity contribution in [3.63, 3.8) is 0 Å². The van der Waals surface area contributed by atoms with E-state index in [-0.39, 0.29) is 36.6 Å². The molecule has 0 saturated heterocycles. The molecule has 2 rings (SSSR count). The number of methoxy groups -OCH3 is 1. The van der Waals surface area contributed by atoms with Crippen LogP contribution in [0.5, 0.6) is 5.75 Å². The maximum atomic E-state index is 11.4. The molecule has 1 heterocycles. The monoisotopic (exact) mass is 268 g/mol. The van der Waals surface area contributed by atoms with Crippen molar-refractivity contribution in [2.75, 3.05) is 7.11 Å². The molecule has 4 heteroatoms. The van der Waals surface area contributed by atoms with E-state index in [0.29, 0.717) is 12.0 Å². The summed E-state index contributed by atoms with van der Waals surface area (Å²) in [5.41, 5.74) is 2.40. The van der Waals surface area contributed by atoms with Crippen molar-refractivity contribution in [2.24, 2.45) is 0 Å². The molecule has 0 spiro atoms. The molecule has 0 aliphatic carbocycles. The van der Waals surface area contributed by atoms with Gasteiger partial charge in [-0.05, 0) is 38.5 Å². The van der Waals surface area contributed by atoms with E-state index in [9.17, 15) is 4.79 Å². The Labute approximate surface area is 136 Å². The van der Waals surface area contributed by atoms with Crippen LogP contribution in [-0.2, 0) is 6.42 Å². The molecule has 96 valence electrons. The Bertz CT molecular complexity index is 658. The van der Waals surface area contributed by atoms with E-state index in [0.717, 1.165) is 16.7 Å². The molecular weight excluding hydrogens is 251 g/mol. The normalized spacial score (nSPS) is 9.84. The number of allylic oxidation sites excluding steroid dienone is 2. The van der Waals surface area contributed by atoms with Crippen molar-refractivity contribution in [1.82, 2.24) is 0 Å². The summed E-state index contributed by atoms with van der Waals surface area (Å²) in [5, 5.41) is 0.910. The van der Waals surface area contributed by atoms with E-state index < -0.39 is 0 Å². The summed E-state index contributed by atoms with van der Waals surface area (Å²) in [6.45, 7) is 4.07. The van der Waals surface area contributed by atoms with Gasteiger partial charge in [-0.15, -0.1) is 0 Å². The van der Waals surface area contributed by atoms with Crippen molar-refractivity contribution >= 4 is 11.0 Å². The zero-order valence-corrected chi connectivity index (χ0v) is 13.8. The second-order valence-corrected chi connectivity index (χ2v) is 4.40. The van der Waals surface area contributed by atoms with Gasteiger partial charge in [0.1, 0.15) is 11.3 Å². The Morgan fingerprint density at radius 3 is 2.63 bits per heavy atom. The van der Waals surface area contributed by atoms with Gasteiger partial charge < -0.3 is 10.6 Å². The first-order valence-electron chi connectivity index (χ1n) is 5.85. The van der Waals surface area contributed by atoms with E-state index >= 15 is 0 Å². The molecule has 0 amide bonds. The Hall–Kier alpha value is -1.03. The van der Waals surface area contributed by atoms with Crippen LogP contribution in [0, 0.1) is 0 Å². The Balaban J connectivity index is 0.00000180. The molecule has 19 heavy (non-hydrogen) atoms. The minimum absolute atomic E-state index is 0. The summed E-state index contributed by atoms with van der Waals surface area (Å²) < 4.78 is 10.6. The standard InChI is InChI=1S/C15H16O3.Na.H/c1-10(2)4-7-12-13(17-3)8-5-11-6-9-14(16)18-15(11)12;;/h4-6,8-9H,7H2,1-3H3;;/q;+1;-1. The number of benzene rings is 1. The molecule has 0 N–H and O–H groups in total. The van der Waals surface area contributed by atoms with Crippen LogP contribution >= 0.6 is 0 Å². The first-order chi connectivity index (χ1) is 8.61. The third-order valence-electron chi connectivity index (χ3n) is 2.78. The van der Waals surface area contributed by atoms with Gasteiger partial charge in [0.25, 0.3) is 0 Å². The molecule has 0 radical (unpaired) electrons. The smallest absolute Gasteiger partial charge is 1.00 e. The largest absolute Gasteiger partial charge is 1.00 e. The van der Waals surface area contributed by atoms with Gasteiger partial charge in [-0.2, -0.15) is 0 Å². The summed E-state index contributed by atoms with van der Waals surface area (Å²) in [7, 11) is 1.62. The van der Waals surface area contributed by atoms with Gasteiger partial charge in [0.2, 0.25) is 0 Å². The second-order valence-electron chi connectivity index (χ2n) is 4.40. The van der Waals surface area contributed by atoms with Crippen molar-refractivity contribution < 1.29 is 40.1 Å². The predicted molar refractivity (Wildman–Crippen MR) is 73.3 cm³/mol. The quantitative estimate of drug-likeness (QED) is 0.460. The van der Waals surface area contributed by atoms with Crippen LogP contribution < -0.4 is 39.9 Å². The maximum absolute atomic E-state index is 11.4. The third kappa shape index (κ3) is 3.72. The molecular formula is C15H17NaO3. The minimum atomic E-state index is -0.339. The molecule has 0 unspecified atom stereocenters. The van der Waals surface area contributed by atoms with Gasteiger partial charge in [0, 0.05) is 17.0 Å². The fourth-order valence-electron chi connectivity index (χ4n) is 1.86. The topological polar surface area (TPSA) is 39.4 Å². The van der Waals surface area contributed by atoms with Crippen LogP contribution in [0.3, 0.4) is 0 Å². The third-order valence-corrected chi connectivity index (χ3v) is 2.78. The van der Waals surface area contributed by atoms with E-state index in [1.165, 1.54) is 11.6 Å². The fourth-order valence-corrected chi connectivity index (χ4v) is 1.86. The summed E-state index contributed by atoms with van der Waals surface area (Å²) in [4.78, 5) is 11.4. The molecule has 0 aliphatic rings. The van der Waals surface area contributed by atoms with Crippen LogP contribution in [0.15, 0.2) is 45.1 Å². The van der Waals surface area contributed by atoms with Gasteiger partial charge in [-0.1, -0.05) is 11.6 Å². The first kappa shape index (κ1) is 16.0. The molecule has 0 atom stereocenters. The summed E-state index contributed by atoms with van der Waals surface area (Å²) in [6.07, 6.45) is 2.78. The number of rotatable bonds is 3. The van der Waals surface area contributed by atoms with Crippen LogP contribution in [0.4, 0.5) is 0 Å².